The van der Waals surface area contributed by atoms with Gasteiger partial charge in [0, 0.05) is 43.8 Å². The van der Waals surface area contributed by atoms with Crippen LogP contribution in [0.3, 0.4) is 0 Å². The number of hydrogen-bond acceptors (Lipinski definition) is 2. The minimum atomic E-state index is -4.31. The van der Waals surface area contributed by atoms with Crippen molar-refractivity contribution >= 4 is 33.8 Å². The van der Waals surface area contributed by atoms with Crippen molar-refractivity contribution in [2.75, 3.05) is 31.5 Å². The van der Waals surface area contributed by atoms with E-state index in [-0.39, 0.29) is 0 Å². The molecule has 1 saturated heterocycles. The zero-order valence-corrected chi connectivity index (χ0v) is 17.1. The summed E-state index contributed by atoms with van der Waals surface area (Å²) in [5.41, 5.74) is 1.05. The summed E-state index contributed by atoms with van der Waals surface area (Å²) in [5.74, 6) is 0. The van der Waals surface area contributed by atoms with Crippen LogP contribution >= 0.6 is 12.2 Å². The van der Waals surface area contributed by atoms with Crippen LogP contribution in [-0.4, -0.2) is 41.1 Å². The Balaban J connectivity index is 1.35. The molecule has 4 rings (SSSR count). The molecule has 30 heavy (non-hydrogen) atoms. The summed E-state index contributed by atoms with van der Waals surface area (Å²) < 4.78 is 38.8. The fourth-order valence-corrected chi connectivity index (χ4v) is 4.03. The summed E-state index contributed by atoms with van der Waals surface area (Å²) in [6.07, 6.45) is -4.31. The number of thiocarbonyl (C=S) groups is 1. The van der Waals surface area contributed by atoms with Gasteiger partial charge >= 0.3 is 6.18 Å². The van der Waals surface area contributed by atoms with Gasteiger partial charge in [0.05, 0.1) is 5.56 Å². The van der Waals surface area contributed by atoms with Gasteiger partial charge in [0.2, 0.25) is 0 Å². The molecule has 0 atom stereocenters. The van der Waals surface area contributed by atoms with Gasteiger partial charge in [-0.05, 0) is 35.3 Å². The first-order chi connectivity index (χ1) is 14.4. The molecule has 3 aromatic rings. The Morgan fingerprint density at radius 2 is 1.60 bits per heavy atom. The van der Waals surface area contributed by atoms with Gasteiger partial charge in [-0.1, -0.05) is 54.6 Å². The molecule has 3 aromatic carbocycles. The average Bonchev–Trinajstić information content (AvgIpc) is 2.74. The molecule has 0 unspecified atom stereocenters. The molecular weight excluding hydrogens is 407 g/mol. The normalized spacial score (nSPS) is 15.4. The van der Waals surface area contributed by atoms with E-state index in [2.05, 4.69) is 33.3 Å². The number of rotatable bonds is 3. The Labute approximate surface area is 179 Å². The molecule has 0 aliphatic carbocycles. The summed E-state index contributed by atoms with van der Waals surface area (Å²) >= 11 is 5.62. The van der Waals surface area contributed by atoms with Gasteiger partial charge in [0.15, 0.2) is 5.11 Å². The van der Waals surface area contributed by atoms with Gasteiger partial charge in [0.1, 0.15) is 0 Å². The van der Waals surface area contributed by atoms with E-state index in [0.717, 1.165) is 48.7 Å². The van der Waals surface area contributed by atoms with E-state index in [1.807, 2.05) is 24.3 Å². The Kier molecular flexibility index (Phi) is 5.92. The quantitative estimate of drug-likeness (QED) is 0.564. The van der Waals surface area contributed by atoms with Crippen LogP contribution < -0.4 is 5.32 Å². The molecule has 1 heterocycles. The third-order valence-electron chi connectivity index (χ3n) is 5.35. The van der Waals surface area contributed by atoms with E-state index in [0.29, 0.717) is 17.2 Å². The molecule has 1 fully saturated rings. The highest BCUT2D eigenvalue weighted by Gasteiger charge is 2.30. The number of alkyl halides is 3. The van der Waals surface area contributed by atoms with Crippen molar-refractivity contribution in [3.63, 3.8) is 0 Å². The molecule has 0 spiro atoms. The average molecular weight is 430 g/mol. The molecule has 156 valence electrons. The number of nitrogens with zero attached hydrogens (tertiary/aromatic N) is 2. The maximum Gasteiger partial charge on any atom is 0.416 e. The van der Waals surface area contributed by atoms with Gasteiger partial charge < -0.3 is 10.2 Å². The maximum absolute atomic E-state index is 12.9. The smallest absolute Gasteiger partial charge is 0.346 e. The standard InChI is InChI=1S/C23H22F3N3S/c24-23(25,26)19-8-3-5-17(15-19)16-28-11-13-29(14-12-28)22(30)27-21-10-4-7-18-6-1-2-9-20(18)21/h1-10,15H,11-14,16H2,(H,27,30). The molecule has 0 bridgehead atoms. The topological polar surface area (TPSA) is 18.5 Å². The molecule has 0 aromatic heterocycles. The fourth-order valence-electron chi connectivity index (χ4n) is 3.74. The summed E-state index contributed by atoms with van der Waals surface area (Å²) in [5, 5.41) is 6.29. The molecule has 1 N–H and O–H groups in total. The van der Waals surface area contributed by atoms with Crippen LogP contribution in [-0.2, 0) is 12.7 Å². The van der Waals surface area contributed by atoms with Crippen LogP contribution in [0.5, 0.6) is 0 Å². The Morgan fingerprint density at radius 1 is 0.900 bits per heavy atom. The van der Waals surface area contributed by atoms with Crippen molar-refractivity contribution in [3.05, 3.63) is 77.9 Å². The second kappa shape index (κ2) is 8.62. The van der Waals surface area contributed by atoms with E-state index in [1.165, 1.54) is 12.1 Å². The molecule has 0 radical (unpaired) electrons. The van der Waals surface area contributed by atoms with E-state index >= 15 is 0 Å². The molecule has 7 heteroatoms. The first-order valence-corrected chi connectivity index (χ1v) is 10.2. The Hall–Kier alpha value is -2.64. The zero-order chi connectivity index (χ0) is 21.1. The predicted molar refractivity (Wildman–Crippen MR) is 118 cm³/mol. The molecule has 3 nitrogen and oxygen atoms in total. The number of halogens is 3. The number of nitrogens with one attached hydrogen (secondary N) is 1. The predicted octanol–water partition coefficient (Wildman–Crippen LogP) is 5.37. The van der Waals surface area contributed by atoms with Gasteiger partial charge in [0.25, 0.3) is 0 Å². The first kappa shape index (κ1) is 20.6. The maximum atomic E-state index is 12.9. The van der Waals surface area contributed by atoms with Crippen LogP contribution in [0.25, 0.3) is 10.8 Å². The lowest BCUT2D eigenvalue weighted by Crippen LogP contribution is -2.49. The van der Waals surface area contributed by atoms with E-state index in [9.17, 15) is 13.2 Å². The van der Waals surface area contributed by atoms with Crippen molar-refractivity contribution in [1.82, 2.24) is 9.80 Å². The van der Waals surface area contributed by atoms with Crippen LogP contribution in [0.4, 0.5) is 18.9 Å². The number of anilines is 1. The lowest BCUT2D eigenvalue weighted by atomic mass is 10.1. The van der Waals surface area contributed by atoms with Gasteiger partial charge in [-0.2, -0.15) is 13.2 Å². The Bertz CT molecular complexity index is 1040. The van der Waals surface area contributed by atoms with Crippen molar-refractivity contribution in [2.24, 2.45) is 0 Å². The second-order valence-electron chi connectivity index (χ2n) is 7.42. The third-order valence-corrected chi connectivity index (χ3v) is 5.71. The SMILES string of the molecule is FC(F)(F)c1cccc(CN2CCN(C(=S)Nc3cccc4ccccc34)CC2)c1. The van der Waals surface area contributed by atoms with Crippen molar-refractivity contribution in [1.29, 1.82) is 0 Å². The van der Waals surface area contributed by atoms with Crippen LogP contribution in [0, 0.1) is 0 Å². The lowest BCUT2D eigenvalue weighted by molar-refractivity contribution is -0.137. The van der Waals surface area contributed by atoms with E-state index in [1.54, 1.807) is 6.07 Å². The van der Waals surface area contributed by atoms with Crippen LogP contribution in [0.1, 0.15) is 11.1 Å². The fraction of sp³-hybridized carbons (Fsp3) is 0.261. The van der Waals surface area contributed by atoms with Crippen molar-refractivity contribution in [2.45, 2.75) is 12.7 Å². The number of fused-ring (bicyclic) bond motifs is 1. The zero-order valence-electron chi connectivity index (χ0n) is 16.3. The molecule has 1 aliphatic rings. The Morgan fingerprint density at radius 3 is 2.37 bits per heavy atom. The largest absolute Gasteiger partial charge is 0.416 e. The number of piperazine rings is 1. The molecule has 0 saturated carbocycles. The lowest BCUT2D eigenvalue weighted by Gasteiger charge is -2.36. The highest BCUT2D eigenvalue weighted by atomic mass is 32.1. The summed E-state index contributed by atoms with van der Waals surface area (Å²) in [6.45, 7) is 3.45. The third kappa shape index (κ3) is 4.74. The monoisotopic (exact) mass is 429 g/mol. The first-order valence-electron chi connectivity index (χ1n) is 9.82. The highest BCUT2D eigenvalue weighted by molar-refractivity contribution is 7.80. The summed E-state index contributed by atoms with van der Waals surface area (Å²) in [7, 11) is 0. The summed E-state index contributed by atoms with van der Waals surface area (Å²) in [4.78, 5) is 4.27. The van der Waals surface area contributed by atoms with Gasteiger partial charge in [-0.15, -0.1) is 0 Å². The van der Waals surface area contributed by atoms with Crippen LogP contribution in [0.2, 0.25) is 0 Å². The molecule has 0 amide bonds. The molecule has 1 aliphatic heterocycles. The minimum absolute atomic E-state index is 0.501. The van der Waals surface area contributed by atoms with E-state index < -0.39 is 11.7 Å². The van der Waals surface area contributed by atoms with Crippen molar-refractivity contribution < 1.29 is 13.2 Å². The second-order valence-corrected chi connectivity index (χ2v) is 7.80. The van der Waals surface area contributed by atoms with Crippen molar-refractivity contribution in [3.8, 4) is 0 Å². The highest BCUT2D eigenvalue weighted by Crippen LogP contribution is 2.30. The number of benzene rings is 3. The van der Waals surface area contributed by atoms with E-state index in [4.69, 9.17) is 12.2 Å². The summed E-state index contributed by atoms with van der Waals surface area (Å²) in [6, 6.07) is 19.8. The van der Waals surface area contributed by atoms with Crippen LogP contribution in [0.15, 0.2) is 66.7 Å². The number of hydrogen-bond donors (Lipinski definition) is 1. The van der Waals surface area contributed by atoms with Gasteiger partial charge in [-0.3, -0.25) is 4.90 Å². The molecular formula is C23H22F3N3S. The van der Waals surface area contributed by atoms with Gasteiger partial charge in [-0.25, -0.2) is 0 Å². The minimum Gasteiger partial charge on any atom is -0.346 e.